The van der Waals surface area contributed by atoms with E-state index in [0.29, 0.717) is 11.6 Å². The topological polar surface area (TPSA) is 58.6 Å². The van der Waals surface area contributed by atoms with Crippen molar-refractivity contribution in [2.45, 2.75) is 97.7 Å². The maximum absolute atomic E-state index is 13.7. The Morgan fingerprint density at radius 2 is 1.50 bits per heavy atom. The number of nitrogens with one attached hydrogen (secondary N) is 1. The molecule has 1 aromatic carbocycles. The molecule has 0 aliphatic carbocycles. The average molecular weight is 558 g/mol. The molecule has 7 heteroatoms. The van der Waals surface area contributed by atoms with E-state index in [1.807, 2.05) is 49.9 Å². The van der Waals surface area contributed by atoms with Gasteiger partial charge in [-0.3, -0.25) is 10.1 Å². The SMILES string of the molecule is CCCC[P+](CCCC)(CCCC)C1CCN(c2ccc(NC(=O)OC(C)(C)C)cc2)C1=O.[Br-]. The van der Waals surface area contributed by atoms with Gasteiger partial charge in [0.2, 0.25) is 0 Å². The standard InChI is InChI=1S/C27H45N2O3P.BrH/c1-7-10-19-33(20-11-8-2,21-12-9-3)24-17-18-29(25(24)30)23-15-13-22(14-16-23)28-26(31)32-27(4,5)6;/h13-16,24H,7-12,17-21H2,1-6H3;1H. The summed E-state index contributed by atoms with van der Waals surface area (Å²) in [5, 5.41) is 2.77. The lowest BCUT2D eigenvalue weighted by Crippen LogP contribution is -3.00. The van der Waals surface area contributed by atoms with E-state index in [1.54, 1.807) is 0 Å². The summed E-state index contributed by atoms with van der Waals surface area (Å²) in [7, 11) is -1.32. The largest absolute Gasteiger partial charge is 1.00 e. The van der Waals surface area contributed by atoms with Crippen molar-refractivity contribution < 1.29 is 31.3 Å². The van der Waals surface area contributed by atoms with Gasteiger partial charge in [0.25, 0.3) is 5.91 Å². The maximum atomic E-state index is 13.7. The van der Waals surface area contributed by atoms with Crippen LogP contribution in [-0.4, -0.2) is 48.3 Å². The zero-order chi connectivity index (χ0) is 24.5. The zero-order valence-corrected chi connectivity index (χ0v) is 24.6. The van der Waals surface area contributed by atoms with Crippen molar-refractivity contribution >= 4 is 30.6 Å². The first-order valence-electron chi connectivity index (χ1n) is 12.9. The highest BCUT2D eigenvalue weighted by molar-refractivity contribution is 7.77. The van der Waals surface area contributed by atoms with Crippen LogP contribution >= 0.6 is 7.26 Å². The fourth-order valence-corrected chi connectivity index (χ4v) is 10.5. The van der Waals surface area contributed by atoms with Crippen LogP contribution in [0.15, 0.2) is 24.3 Å². The van der Waals surface area contributed by atoms with E-state index in [1.165, 1.54) is 57.0 Å². The second-order valence-electron chi connectivity index (χ2n) is 10.4. The number of rotatable bonds is 12. The van der Waals surface area contributed by atoms with Crippen molar-refractivity contribution in [2.24, 2.45) is 0 Å². The lowest BCUT2D eigenvalue weighted by Gasteiger charge is -2.32. The number of ether oxygens (including phenoxy) is 1. The summed E-state index contributed by atoms with van der Waals surface area (Å²) >= 11 is 0. The van der Waals surface area contributed by atoms with Crippen LogP contribution in [0.1, 0.15) is 86.5 Å². The van der Waals surface area contributed by atoms with Crippen LogP contribution in [0, 0.1) is 0 Å². The average Bonchev–Trinajstić information content (AvgIpc) is 3.14. The van der Waals surface area contributed by atoms with Gasteiger partial charge in [-0.1, -0.05) is 40.0 Å². The van der Waals surface area contributed by atoms with Crippen molar-refractivity contribution in [3.63, 3.8) is 0 Å². The van der Waals surface area contributed by atoms with E-state index < -0.39 is 19.0 Å². The molecule has 0 aromatic heterocycles. The van der Waals surface area contributed by atoms with Gasteiger partial charge >= 0.3 is 6.09 Å². The molecular weight excluding hydrogens is 511 g/mol. The van der Waals surface area contributed by atoms with Crippen LogP contribution in [-0.2, 0) is 9.53 Å². The van der Waals surface area contributed by atoms with Gasteiger partial charge in [-0.15, -0.1) is 0 Å². The second-order valence-corrected chi connectivity index (χ2v) is 14.8. The first-order chi connectivity index (χ1) is 15.7. The first kappa shape index (κ1) is 30.9. The predicted octanol–water partition coefficient (Wildman–Crippen LogP) is 4.56. The Bertz CT molecular complexity index is 742. The zero-order valence-electron chi connectivity index (χ0n) is 22.2. The third-order valence-electron chi connectivity index (χ3n) is 6.53. The number of halogens is 1. The van der Waals surface area contributed by atoms with E-state index in [2.05, 4.69) is 26.1 Å². The van der Waals surface area contributed by atoms with E-state index in [-0.39, 0.29) is 22.6 Å². The molecule has 194 valence electrons. The minimum absolute atomic E-state index is 0. The monoisotopic (exact) mass is 556 g/mol. The van der Waals surface area contributed by atoms with Gasteiger partial charge in [0.05, 0.1) is 18.5 Å². The third-order valence-corrected chi connectivity index (χ3v) is 12.0. The molecule has 5 nitrogen and oxygen atoms in total. The molecule has 1 fully saturated rings. The second kappa shape index (κ2) is 14.4. The highest BCUT2D eigenvalue weighted by Gasteiger charge is 2.52. The summed E-state index contributed by atoms with van der Waals surface area (Å²) in [6, 6.07) is 7.59. The van der Waals surface area contributed by atoms with Gasteiger partial charge in [-0.2, -0.15) is 0 Å². The number of hydrogen-bond donors (Lipinski definition) is 1. The summed E-state index contributed by atoms with van der Waals surface area (Å²) in [6.07, 6.45) is 11.7. The third kappa shape index (κ3) is 8.82. The molecule has 1 N–H and O–H groups in total. The lowest BCUT2D eigenvalue weighted by molar-refractivity contribution is -0.116. The number of carbonyl (C=O) groups is 2. The van der Waals surface area contributed by atoms with Crippen LogP contribution in [0.5, 0.6) is 0 Å². The molecular formula is C27H46BrN2O3P. The van der Waals surface area contributed by atoms with Gasteiger partial charge in [-0.25, -0.2) is 4.79 Å². The number of hydrogen-bond acceptors (Lipinski definition) is 3. The van der Waals surface area contributed by atoms with Gasteiger partial charge in [0.15, 0.2) is 0 Å². The normalized spacial score (nSPS) is 16.4. The minimum atomic E-state index is -1.32. The first-order valence-corrected chi connectivity index (χ1v) is 15.3. The number of anilines is 2. The molecule has 1 heterocycles. The van der Waals surface area contributed by atoms with E-state index in [0.717, 1.165) is 18.7 Å². The Kier molecular flexibility index (Phi) is 13.1. The number of unbranched alkanes of at least 4 members (excludes halogenated alkanes) is 3. The molecule has 34 heavy (non-hydrogen) atoms. The summed E-state index contributed by atoms with van der Waals surface area (Å²) in [5.74, 6) is 0.333. The van der Waals surface area contributed by atoms with Crippen LogP contribution in [0.4, 0.5) is 16.2 Å². The van der Waals surface area contributed by atoms with E-state index >= 15 is 0 Å². The summed E-state index contributed by atoms with van der Waals surface area (Å²) in [4.78, 5) is 27.8. The molecule has 0 radical (unpaired) electrons. The summed E-state index contributed by atoms with van der Waals surface area (Å²) in [5.41, 5.74) is 1.29. The maximum Gasteiger partial charge on any atom is 0.412 e. The highest BCUT2D eigenvalue weighted by atomic mass is 79.9. The highest BCUT2D eigenvalue weighted by Crippen LogP contribution is 2.67. The lowest BCUT2D eigenvalue weighted by atomic mass is 10.2. The number of amides is 2. The van der Waals surface area contributed by atoms with Crippen molar-refractivity contribution in [2.75, 3.05) is 35.2 Å². The molecule has 1 saturated heterocycles. The number of benzene rings is 1. The summed E-state index contributed by atoms with van der Waals surface area (Å²) in [6.45, 7) is 13.1. The fraction of sp³-hybridized carbons (Fsp3) is 0.704. The van der Waals surface area contributed by atoms with Crippen molar-refractivity contribution in [3.05, 3.63) is 24.3 Å². The molecule has 1 atom stereocenters. The van der Waals surface area contributed by atoms with Gasteiger partial charge < -0.3 is 26.6 Å². The van der Waals surface area contributed by atoms with Crippen molar-refractivity contribution in [1.82, 2.24) is 0 Å². The van der Waals surface area contributed by atoms with Crippen LogP contribution < -0.4 is 27.2 Å². The quantitative estimate of drug-likeness (QED) is 0.384. The van der Waals surface area contributed by atoms with Crippen molar-refractivity contribution in [1.29, 1.82) is 0 Å². The van der Waals surface area contributed by atoms with Gasteiger partial charge in [-0.05, 0) is 64.3 Å². The Labute approximate surface area is 218 Å². The Hall–Kier alpha value is -1.13. The Morgan fingerprint density at radius 3 is 1.94 bits per heavy atom. The number of nitrogens with zero attached hydrogens (tertiary/aromatic N) is 1. The fourth-order valence-electron chi connectivity index (χ4n) is 4.80. The predicted molar refractivity (Wildman–Crippen MR) is 143 cm³/mol. The van der Waals surface area contributed by atoms with Crippen LogP contribution in [0.25, 0.3) is 0 Å². The van der Waals surface area contributed by atoms with Crippen LogP contribution in [0.3, 0.4) is 0 Å². The summed E-state index contributed by atoms with van der Waals surface area (Å²) < 4.78 is 5.33. The van der Waals surface area contributed by atoms with Gasteiger partial charge in [0.1, 0.15) is 11.3 Å². The molecule has 0 bridgehead atoms. The molecule has 0 saturated carbocycles. The molecule has 1 unspecified atom stereocenters. The minimum Gasteiger partial charge on any atom is -1.00 e. The van der Waals surface area contributed by atoms with Crippen molar-refractivity contribution in [3.8, 4) is 0 Å². The molecule has 1 aliphatic heterocycles. The molecule has 2 rings (SSSR count). The Balaban J connectivity index is 0.00000578. The molecule has 1 aliphatic rings. The number of carbonyl (C=O) groups excluding carboxylic acids is 2. The van der Waals surface area contributed by atoms with E-state index in [9.17, 15) is 9.59 Å². The smallest absolute Gasteiger partial charge is 0.412 e. The van der Waals surface area contributed by atoms with E-state index in [4.69, 9.17) is 4.74 Å². The molecule has 0 spiro atoms. The molecule has 1 aromatic rings. The van der Waals surface area contributed by atoms with Gasteiger partial charge in [0, 0.05) is 31.6 Å². The van der Waals surface area contributed by atoms with Crippen LogP contribution in [0.2, 0.25) is 0 Å². The molecule has 2 amide bonds. The Morgan fingerprint density at radius 1 is 1.00 bits per heavy atom.